The summed E-state index contributed by atoms with van der Waals surface area (Å²) in [5, 5.41) is 0. The topological polar surface area (TPSA) is 142 Å². The van der Waals surface area contributed by atoms with Crippen molar-refractivity contribution in [2.75, 3.05) is 6.54 Å². The molecule has 0 radical (unpaired) electrons. The zero-order valence-corrected chi connectivity index (χ0v) is 10.00. The molecule has 16 heavy (non-hydrogen) atoms. The van der Waals surface area contributed by atoms with Gasteiger partial charge >= 0.3 is 16.4 Å². The van der Waals surface area contributed by atoms with Crippen LogP contribution in [0.25, 0.3) is 0 Å². The lowest BCUT2D eigenvalue weighted by molar-refractivity contribution is -0.216. The third-order valence-corrected chi connectivity index (χ3v) is 1.71. The minimum Gasteiger partial charge on any atom is -0.330 e. The van der Waals surface area contributed by atoms with Crippen molar-refractivity contribution in [1.29, 1.82) is 0 Å². The van der Waals surface area contributed by atoms with Crippen molar-refractivity contribution in [3.8, 4) is 0 Å². The Morgan fingerprint density at radius 1 is 1.38 bits per heavy atom. The number of rotatable bonds is 7. The van der Waals surface area contributed by atoms with Gasteiger partial charge in [0.1, 0.15) is 6.04 Å². The highest BCUT2D eigenvalue weighted by Crippen LogP contribution is 2.01. The molecular weight excluding hydrogens is 264 g/mol. The summed E-state index contributed by atoms with van der Waals surface area (Å²) in [6.45, 7) is 0.475. The van der Waals surface area contributed by atoms with Crippen LogP contribution in [0.4, 0.5) is 0 Å². The van der Waals surface area contributed by atoms with Crippen LogP contribution < -0.4 is 11.5 Å². The van der Waals surface area contributed by atoms with Crippen molar-refractivity contribution < 1.29 is 27.0 Å². The number of nitrogens with two attached hydrogens (primary N) is 2. The maximum absolute atomic E-state index is 10.9. The van der Waals surface area contributed by atoms with Gasteiger partial charge in [0, 0.05) is 0 Å². The van der Waals surface area contributed by atoms with Crippen LogP contribution in [0.15, 0.2) is 0 Å². The fourth-order valence-corrected chi connectivity index (χ4v) is 0.918. The van der Waals surface area contributed by atoms with Gasteiger partial charge in [0.15, 0.2) is 0 Å². The molecule has 1 atom stereocenters. The number of unbranched alkanes of at least 4 members (excludes halogenated alkanes) is 1. The number of halogens is 1. The zero-order chi connectivity index (χ0) is 11.9. The van der Waals surface area contributed by atoms with Gasteiger partial charge in [0.25, 0.3) is 0 Å². The van der Waals surface area contributed by atoms with E-state index in [1.54, 1.807) is 0 Å². The van der Waals surface area contributed by atoms with Crippen molar-refractivity contribution in [1.82, 2.24) is 0 Å². The monoisotopic (exact) mass is 278 g/mol. The van der Waals surface area contributed by atoms with E-state index < -0.39 is 22.4 Å². The summed E-state index contributed by atoms with van der Waals surface area (Å²) >= 11 is 0. The summed E-state index contributed by atoms with van der Waals surface area (Å²) < 4.78 is 31.5. The second-order valence-electron chi connectivity index (χ2n) is 2.79. The average molecular weight is 279 g/mol. The van der Waals surface area contributed by atoms with E-state index in [2.05, 4.69) is 9.22 Å². The predicted molar refractivity (Wildman–Crippen MR) is 56.9 cm³/mol. The molecule has 8 nitrogen and oxygen atoms in total. The molecule has 0 saturated carbocycles. The number of hydrogen-bond acceptors (Lipinski definition) is 7. The Morgan fingerprint density at radius 2 is 1.94 bits per heavy atom. The number of hydrogen-bond donors (Lipinski definition) is 3. The van der Waals surface area contributed by atoms with Crippen LogP contribution in [-0.2, 0) is 24.4 Å². The molecule has 0 aliphatic rings. The summed E-state index contributed by atoms with van der Waals surface area (Å²) in [6.07, 6.45) is 1.60. The van der Waals surface area contributed by atoms with Gasteiger partial charge < -0.3 is 11.5 Å². The Hall–Kier alpha value is -0.450. The van der Waals surface area contributed by atoms with Gasteiger partial charge in [-0.25, -0.2) is 4.79 Å². The maximum Gasteiger partial charge on any atom is 0.432 e. The van der Waals surface area contributed by atoms with Crippen LogP contribution in [0.5, 0.6) is 0 Å². The van der Waals surface area contributed by atoms with Crippen LogP contribution >= 0.6 is 12.4 Å². The first-order chi connectivity index (χ1) is 6.87. The lowest BCUT2D eigenvalue weighted by atomic mass is 10.1. The molecule has 0 unspecified atom stereocenters. The van der Waals surface area contributed by atoms with E-state index in [4.69, 9.17) is 16.0 Å². The second kappa shape index (κ2) is 8.67. The van der Waals surface area contributed by atoms with Gasteiger partial charge in [-0.1, -0.05) is 6.42 Å². The van der Waals surface area contributed by atoms with E-state index in [-0.39, 0.29) is 12.4 Å². The summed E-state index contributed by atoms with van der Waals surface area (Å²) in [5.41, 5.74) is 10.5. The average Bonchev–Trinajstić information content (AvgIpc) is 2.13. The lowest BCUT2D eigenvalue weighted by Crippen LogP contribution is -2.32. The molecule has 0 aromatic heterocycles. The van der Waals surface area contributed by atoms with Crippen molar-refractivity contribution in [2.45, 2.75) is 25.3 Å². The van der Waals surface area contributed by atoms with Crippen LogP contribution in [0, 0.1) is 0 Å². The van der Waals surface area contributed by atoms with Crippen molar-refractivity contribution in [3.63, 3.8) is 0 Å². The Kier molecular flexibility index (Phi) is 9.72. The van der Waals surface area contributed by atoms with Crippen molar-refractivity contribution in [3.05, 3.63) is 0 Å². The Bertz CT molecular complexity index is 295. The minimum atomic E-state index is -4.80. The highest BCUT2D eigenvalue weighted by Gasteiger charge is 2.18. The summed E-state index contributed by atoms with van der Waals surface area (Å²) in [4.78, 5) is 14.7. The molecule has 98 valence electrons. The van der Waals surface area contributed by atoms with Crippen molar-refractivity contribution >= 4 is 28.8 Å². The molecule has 5 N–H and O–H groups in total. The van der Waals surface area contributed by atoms with E-state index >= 15 is 0 Å². The SMILES string of the molecule is Cl.NCCCC[C@H](N)C(=O)OOS(=O)(=O)O. The molecule has 0 bridgehead atoms. The molecule has 0 aliphatic carbocycles. The fraction of sp³-hybridized carbons (Fsp3) is 0.833. The number of carbonyl (C=O) groups is 1. The smallest absolute Gasteiger partial charge is 0.330 e. The molecule has 0 saturated heterocycles. The summed E-state index contributed by atoms with van der Waals surface area (Å²) in [5.74, 6) is -1.07. The first-order valence-electron chi connectivity index (χ1n) is 4.20. The highest BCUT2D eigenvalue weighted by molar-refractivity contribution is 7.80. The largest absolute Gasteiger partial charge is 0.432 e. The number of carbonyl (C=O) groups excluding carboxylic acids is 1. The Labute approximate surface area is 99.6 Å². The van der Waals surface area contributed by atoms with E-state index in [0.29, 0.717) is 25.8 Å². The third-order valence-electron chi connectivity index (χ3n) is 1.47. The third kappa shape index (κ3) is 10.1. The lowest BCUT2D eigenvalue weighted by Gasteiger charge is -2.07. The molecule has 0 aliphatic heterocycles. The van der Waals surface area contributed by atoms with Gasteiger partial charge in [-0.2, -0.15) is 8.42 Å². The molecule has 0 spiro atoms. The fourth-order valence-electron chi connectivity index (χ4n) is 0.765. The van der Waals surface area contributed by atoms with E-state index in [9.17, 15) is 13.2 Å². The van der Waals surface area contributed by atoms with E-state index in [1.807, 2.05) is 0 Å². The Balaban J connectivity index is 0. The minimum absolute atomic E-state index is 0. The van der Waals surface area contributed by atoms with E-state index in [0.717, 1.165) is 0 Å². The van der Waals surface area contributed by atoms with Gasteiger partial charge in [0.05, 0.1) is 0 Å². The van der Waals surface area contributed by atoms with Crippen LogP contribution in [-0.4, -0.2) is 31.5 Å². The molecule has 0 heterocycles. The van der Waals surface area contributed by atoms with Gasteiger partial charge in [-0.3, -0.25) is 9.44 Å². The highest BCUT2D eigenvalue weighted by atomic mass is 35.5. The van der Waals surface area contributed by atoms with Gasteiger partial charge in [0.2, 0.25) is 0 Å². The molecule has 0 aromatic carbocycles. The standard InChI is InChI=1S/C6H14N2O6S.ClH/c7-4-2-1-3-5(8)6(9)13-14-15(10,11)12;/h5H,1-4,7-8H2,(H,10,11,12);1H/t5-;/m0./s1. The summed E-state index contributed by atoms with van der Waals surface area (Å²) in [6, 6.07) is -1.00. The molecule has 0 rings (SSSR count). The predicted octanol–water partition coefficient (Wildman–Crippen LogP) is -0.858. The van der Waals surface area contributed by atoms with E-state index in [1.165, 1.54) is 0 Å². The molecule has 0 amide bonds. The molecule has 0 fully saturated rings. The second-order valence-corrected chi connectivity index (χ2v) is 3.78. The van der Waals surface area contributed by atoms with Crippen LogP contribution in [0.1, 0.15) is 19.3 Å². The Morgan fingerprint density at radius 3 is 2.38 bits per heavy atom. The molecule has 0 aromatic rings. The summed E-state index contributed by atoms with van der Waals surface area (Å²) in [7, 11) is -4.80. The first kappa shape index (κ1) is 17.9. The molecule has 10 heteroatoms. The van der Waals surface area contributed by atoms with Gasteiger partial charge in [-0.05, 0) is 23.7 Å². The molecular formula is C6H15ClN2O6S. The van der Waals surface area contributed by atoms with Crippen molar-refractivity contribution in [2.24, 2.45) is 11.5 Å². The first-order valence-corrected chi connectivity index (χ1v) is 5.56. The maximum atomic E-state index is 10.9. The van der Waals surface area contributed by atoms with Crippen LogP contribution in [0.3, 0.4) is 0 Å². The zero-order valence-electron chi connectivity index (χ0n) is 8.37. The quantitative estimate of drug-likeness (QED) is 0.236. The normalized spacial score (nSPS) is 12.7. The van der Waals surface area contributed by atoms with Gasteiger partial charge in [-0.15, -0.1) is 12.4 Å². The van der Waals surface area contributed by atoms with Crippen LogP contribution in [0.2, 0.25) is 0 Å².